The van der Waals surface area contributed by atoms with Gasteiger partial charge in [-0.1, -0.05) is 24.3 Å². The molecule has 3 N–H and O–H groups in total. The molecule has 1 aromatic heterocycles. The van der Waals surface area contributed by atoms with Crippen molar-refractivity contribution in [3.63, 3.8) is 0 Å². The van der Waals surface area contributed by atoms with Crippen molar-refractivity contribution >= 4 is 34.0 Å². The molecular weight excluding hydrogens is 296 g/mol. The summed E-state index contributed by atoms with van der Waals surface area (Å²) in [6.45, 7) is 0.714. The molecule has 0 fully saturated rings. The molecule has 1 heterocycles. The molecule has 0 atom stereocenters. The summed E-state index contributed by atoms with van der Waals surface area (Å²) in [6, 6.07) is 16.3. The van der Waals surface area contributed by atoms with Crippen molar-refractivity contribution in [2.75, 3.05) is 36.6 Å². The van der Waals surface area contributed by atoms with E-state index in [0.717, 1.165) is 22.3 Å². The van der Waals surface area contributed by atoms with Crippen LogP contribution in [0.15, 0.2) is 60.8 Å². The van der Waals surface area contributed by atoms with Crippen molar-refractivity contribution in [3.8, 4) is 0 Å². The van der Waals surface area contributed by atoms with Gasteiger partial charge in [0.05, 0.1) is 16.9 Å². The highest BCUT2D eigenvalue weighted by Crippen LogP contribution is 2.27. The van der Waals surface area contributed by atoms with Crippen LogP contribution in [0.3, 0.4) is 0 Å². The van der Waals surface area contributed by atoms with E-state index in [4.69, 9.17) is 5.73 Å². The minimum Gasteiger partial charge on any atom is -0.397 e. The van der Waals surface area contributed by atoms with Crippen LogP contribution in [0.25, 0.3) is 17.0 Å². The molecule has 0 saturated heterocycles. The number of hydrogen-bond donors (Lipinski definition) is 2. The van der Waals surface area contributed by atoms with Crippen LogP contribution in [0.2, 0.25) is 0 Å². The van der Waals surface area contributed by atoms with E-state index in [1.165, 1.54) is 11.3 Å². The summed E-state index contributed by atoms with van der Waals surface area (Å²) in [5, 5.41) is 4.33. The molecule has 0 aliphatic rings. The van der Waals surface area contributed by atoms with Crippen molar-refractivity contribution in [3.05, 3.63) is 66.4 Å². The van der Waals surface area contributed by atoms with E-state index in [1.54, 1.807) is 6.20 Å². The highest BCUT2D eigenvalue weighted by atomic mass is 15.1. The van der Waals surface area contributed by atoms with Gasteiger partial charge in [0, 0.05) is 37.9 Å². The fourth-order valence-corrected chi connectivity index (χ4v) is 2.58. The van der Waals surface area contributed by atoms with Crippen molar-refractivity contribution in [1.29, 1.82) is 0 Å². The van der Waals surface area contributed by atoms with E-state index in [1.807, 2.05) is 38.4 Å². The van der Waals surface area contributed by atoms with Crippen LogP contribution >= 0.6 is 0 Å². The molecule has 0 aliphatic heterocycles. The Morgan fingerprint density at radius 2 is 1.88 bits per heavy atom. The number of aromatic nitrogens is 1. The average molecular weight is 318 g/mol. The predicted molar refractivity (Wildman–Crippen MR) is 104 cm³/mol. The highest BCUT2D eigenvalue weighted by Gasteiger charge is 2.03. The monoisotopic (exact) mass is 318 g/mol. The van der Waals surface area contributed by atoms with E-state index in [-0.39, 0.29) is 0 Å². The summed E-state index contributed by atoms with van der Waals surface area (Å²) in [5.74, 6) is 0. The van der Waals surface area contributed by atoms with Crippen molar-refractivity contribution in [2.45, 2.75) is 0 Å². The number of nitrogens with zero attached hydrogens (tertiary/aromatic N) is 2. The Morgan fingerprint density at radius 3 is 2.62 bits per heavy atom. The van der Waals surface area contributed by atoms with Gasteiger partial charge in [-0.15, -0.1) is 0 Å². The number of nitrogen functional groups attached to an aromatic ring is 1. The van der Waals surface area contributed by atoms with Gasteiger partial charge in [0.2, 0.25) is 0 Å². The maximum Gasteiger partial charge on any atom is 0.0724 e. The minimum absolute atomic E-state index is 0.714. The van der Waals surface area contributed by atoms with Gasteiger partial charge in [-0.05, 0) is 42.0 Å². The fraction of sp³-hybridized carbons (Fsp3) is 0.150. The quantitative estimate of drug-likeness (QED) is 0.698. The first-order valence-electron chi connectivity index (χ1n) is 7.96. The van der Waals surface area contributed by atoms with E-state index < -0.39 is 0 Å². The van der Waals surface area contributed by atoms with Crippen molar-refractivity contribution in [2.24, 2.45) is 0 Å². The SMILES string of the molecule is CN(C)c1ccc(/C=C\CNc2ccc3ncccc3c2N)cc1. The molecule has 0 spiro atoms. The van der Waals surface area contributed by atoms with Crippen LogP contribution in [0.5, 0.6) is 0 Å². The molecule has 4 nitrogen and oxygen atoms in total. The van der Waals surface area contributed by atoms with Gasteiger partial charge in [0.1, 0.15) is 0 Å². The second kappa shape index (κ2) is 7.04. The van der Waals surface area contributed by atoms with Crippen molar-refractivity contribution in [1.82, 2.24) is 4.98 Å². The maximum atomic E-state index is 6.23. The van der Waals surface area contributed by atoms with Crippen molar-refractivity contribution < 1.29 is 0 Å². The number of rotatable bonds is 5. The Balaban J connectivity index is 1.65. The Morgan fingerprint density at radius 1 is 1.08 bits per heavy atom. The van der Waals surface area contributed by atoms with Gasteiger partial charge in [-0.2, -0.15) is 0 Å². The van der Waals surface area contributed by atoms with E-state index in [0.29, 0.717) is 6.54 Å². The standard InChI is InChI=1S/C20H22N4/c1-24(2)16-9-7-15(8-10-16)5-3-13-23-19-12-11-18-17(20(19)21)6-4-14-22-18/h3-12,14,23H,13,21H2,1-2H3/b5-3-. The summed E-state index contributed by atoms with van der Waals surface area (Å²) < 4.78 is 0. The first-order valence-corrected chi connectivity index (χ1v) is 7.96. The second-order valence-electron chi connectivity index (χ2n) is 5.87. The zero-order valence-corrected chi connectivity index (χ0v) is 14.0. The van der Waals surface area contributed by atoms with Crippen LogP contribution in [0.1, 0.15) is 5.56 Å². The number of pyridine rings is 1. The van der Waals surface area contributed by atoms with Gasteiger partial charge in [-0.25, -0.2) is 0 Å². The summed E-state index contributed by atoms with van der Waals surface area (Å²) in [4.78, 5) is 6.40. The molecule has 0 saturated carbocycles. The van der Waals surface area contributed by atoms with E-state index in [9.17, 15) is 0 Å². The lowest BCUT2D eigenvalue weighted by molar-refractivity contribution is 1.13. The molecule has 3 rings (SSSR count). The molecule has 0 unspecified atom stereocenters. The predicted octanol–water partition coefficient (Wildman–Crippen LogP) is 4.01. The number of benzene rings is 2. The molecular formula is C20H22N4. The number of nitrogens with two attached hydrogens (primary N) is 1. The Hall–Kier alpha value is -3.01. The summed E-state index contributed by atoms with van der Waals surface area (Å²) in [5.41, 5.74) is 11.2. The highest BCUT2D eigenvalue weighted by molar-refractivity contribution is 5.96. The lowest BCUT2D eigenvalue weighted by Gasteiger charge is -2.12. The first-order chi connectivity index (χ1) is 11.6. The Bertz CT molecular complexity index is 851. The van der Waals surface area contributed by atoms with Crippen LogP contribution in [0, 0.1) is 0 Å². The molecule has 0 radical (unpaired) electrons. The molecule has 24 heavy (non-hydrogen) atoms. The third kappa shape index (κ3) is 3.49. The maximum absolute atomic E-state index is 6.23. The van der Waals surface area contributed by atoms with Gasteiger partial charge < -0.3 is 16.0 Å². The van der Waals surface area contributed by atoms with E-state index >= 15 is 0 Å². The molecule has 2 aromatic carbocycles. The minimum atomic E-state index is 0.714. The van der Waals surface area contributed by atoms with Gasteiger partial charge in [-0.3, -0.25) is 4.98 Å². The summed E-state index contributed by atoms with van der Waals surface area (Å²) in [7, 11) is 4.08. The Labute approximate surface area is 142 Å². The van der Waals surface area contributed by atoms with Gasteiger partial charge >= 0.3 is 0 Å². The van der Waals surface area contributed by atoms with Gasteiger partial charge in [0.25, 0.3) is 0 Å². The smallest absolute Gasteiger partial charge is 0.0724 e. The number of hydrogen-bond acceptors (Lipinski definition) is 4. The molecule has 0 bridgehead atoms. The van der Waals surface area contributed by atoms with Crippen LogP contribution in [0.4, 0.5) is 17.1 Å². The fourth-order valence-electron chi connectivity index (χ4n) is 2.58. The lowest BCUT2D eigenvalue weighted by Crippen LogP contribution is -2.07. The van der Waals surface area contributed by atoms with Crippen LogP contribution < -0.4 is 16.0 Å². The zero-order valence-electron chi connectivity index (χ0n) is 14.0. The molecule has 0 aliphatic carbocycles. The molecule has 122 valence electrons. The zero-order chi connectivity index (χ0) is 16.9. The lowest BCUT2D eigenvalue weighted by atomic mass is 10.1. The summed E-state index contributed by atoms with van der Waals surface area (Å²) in [6.07, 6.45) is 5.97. The summed E-state index contributed by atoms with van der Waals surface area (Å²) >= 11 is 0. The molecule has 4 heteroatoms. The topological polar surface area (TPSA) is 54.2 Å². The Kier molecular flexibility index (Phi) is 4.66. The van der Waals surface area contributed by atoms with E-state index in [2.05, 4.69) is 51.6 Å². The number of anilines is 3. The third-order valence-electron chi connectivity index (χ3n) is 3.96. The van der Waals surface area contributed by atoms with Crippen LogP contribution in [-0.4, -0.2) is 25.6 Å². The number of nitrogens with one attached hydrogen (secondary N) is 1. The largest absolute Gasteiger partial charge is 0.397 e. The first kappa shape index (κ1) is 15.9. The normalized spacial score (nSPS) is 11.1. The van der Waals surface area contributed by atoms with Crippen LogP contribution in [-0.2, 0) is 0 Å². The number of fused-ring (bicyclic) bond motifs is 1. The average Bonchev–Trinajstić information content (AvgIpc) is 2.61. The second-order valence-corrected chi connectivity index (χ2v) is 5.87. The third-order valence-corrected chi connectivity index (χ3v) is 3.96. The molecule has 3 aromatic rings. The molecule has 0 amide bonds. The van der Waals surface area contributed by atoms with Gasteiger partial charge in [0.15, 0.2) is 0 Å².